The highest BCUT2D eigenvalue weighted by atomic mass is 19.4. The molecule has 140 valence electrons. The van der Waals surface area contributed by atoms with Crippen LogP contribution in [0.2, 0.25) is 0 Å². The molecule has 0 aliphatic heterocycles. The van der Waals surface area contributed by atoms with Gasteiger partial charge in [0.2, 0.25) is 11.7 Å². The number of halogens is 3. The van der Waals surface area contributed by atoms with E-state index in [2.05, 4.69) is 9.97 Å². The Morgan fingerprint density at radius 1 is 1.23 bits per heavy atom. The van der Waals surface area contributed by atoms with Crippen molar-refractivity contribution in [3.8, 4) is 5.88 Å². The van der Waals surface area contributed by atoms with Gasteiger partial charge in [-0.15, -0.1) is 0 Å². The van der Waals surface area contributed by atoms with Crippen molar-refractivity contribution in [2.24, 2.45) is 11.8 Å². The molecule has 0 fully saturated rings. The van der Waals surface area contributed by atoms with Crippen LogP contribution in [0.25, 0.3) is 0 Å². The van der Waals surface area contributed by atoms with Crippen molar-refractivity contribution in [2.75, 3.05) is 12.3 Å². The second-order valence-corrected chi connectivity index (χ2v) is 6.34. The second-order valence-electron chi connectivity index (χ2n) is 6.34. The van der Waals surface area contributed by atoms with Crippen LogP contribution in [0.3, 0.4) is 0 Å². The molecule has 2 N–H and O–H groups in total. The van der Waals surface area contributed by atoms with Gasteiger partial charge < -0.3 is 10.5 Å². The Kier molecular flexibility index (Phi) is 5.84. The van der Waals surface area contributed by atoms with E-state index in [-0.39, 0.29) is 29.8 Å². The molecule has 5 nitrogen and oxygen atoms in total. The number of hydrogen-bond donors (Lipinski definition) is 1. The lowest BCUT2D eigenvalue weighted by Gasteiger charge is -2.17. The van der Waals surface area contributed by atoms with Gasteiger partial charge in [-0.05, 0) is 30.0 Å². The van der Waals surface area contributed by atoms with Gasteiger partial charge in [-0.25, -0.2) is 9.97 Å². The van der Waals surface area contributed by atoms with Gasteiger partial charge in [0.25, 0.3) is 0 Å². The van der Waals surface area contributed by atoms with E-state index in [1.165, 1.54) is 18.3 Å². The average molecular weight is 367 g/mol. The molecule has 0 radical (unpaired) electrons. The first-order chi connectivity index (χ1) is 12.1. The van der Waals surface area contributed by atoms with Crippen molar-refractivity contribution < 1.29 is 22.7 Å². The summed E-state index contributed by atoms with van der Waals surface area (Å²) in [6, 6.07) is 4.63. The average Bonchev–Trinajstić information content (AvgIpc) is 2.58. The topological polar surface area (TPSA) is 78.1 Å². The highest BCUT2D eigenvalue weighted by Crippen LogP contribution is 2.33. The summed E-state index contributed by atoms with van der Waals surface area (Å²) in [4.78, 5) is 20.1. The van der Waals surface area contributed by atoms with Crippen LogP contribution in [0, 0.1) is 11.8 Å². The Balaban J connectivity index is 2.42. The zero-order valence-electron chi connectivity index (χ0n) is 14.7. The lowest BCUT2D eigenvalue weighted by molar-refractivity contribution is -0.138. The molecule has 2 heterocycles. The molecule has 8 heteroatoms. The summed E-state index contributed by atoms with van der Waals surface area (Å²) in [5.74, 6) is -0.651. The maximum absolute atomic E-state index is 13.3. The maximum Gasteiger partial charge on any atom is 0.418 e. The number of pyridine rings is 2. The molecule has 0 aliphatic rings. The first kappa shape index (κ1) is 19.7. The molecule has 0 amide bonds. The fourth-order valence-electron chi connectivity index (χ4n) is 2.07. The molecule has 2 aromatic heterocycles. The molecule has 0 bridgehead atoms. The molecule has 0 aromatic carbocycles. The number of hydrogen-bond acceptors (Lipinski definition) is 5. The highest BCUT2D eigenvalue weighted by molar-refractivity contribution is 6.11. The van der Waals surface area contributed by atoms with Crippen LogP contribution in [0.15, 0.2) is 30.5 Å². The van der Waals surface area contributed by atoms with Gasteiger partial charge in [-0.1, -0.05) is 20.8 Å². The van der Waals surface area contributed by atoms with E-state index in [0.717, 1.165) is 12.1 Å². The molecular formula is C18H20F3N3O2. The van der Waals surface area contributed by atoms with E-state index in [9.17, 15) is 18.0 Å². The molecule has 1 atom stereocenters. The number of aromatic nitrogens is 2. The molecule has 0 saturated carbocycles. The van der Waals surface area contributed by atoms with Crippen LogP contribution >= 0.6 is 0 Å². The zero-order valence-corrected chi connectivity index (χ0v) is 14.7. The maximum atomic E-state index is 13.3. The fourth-order valence-corrected chi connectivity index (χ4v) is 2.07. The molecule has 0 unspecified atom stereocenters. The molecule has 0 spiro atoms. The third-order valence-corrected chi connectivity index (χ3v) is 4.11. The normalized spacial score (nSPS) is 12.9. The smallest absolute Gasteiger partial charge is 0.418 e. The van der Waals surface area contributed by atoms with Crippen LogP contribution in [0.5, 0.6) is 5.88 Å². The molecular weight excluding hydrogens is 347 g/mol. The van der Waals surface area contributed by atoms with Gasteiger partial charge in [0.15, 0.2) is 0 Å². The van der Waals surface area contributed by atoms with Gasteiger partial charge in [-0.2, -0.15) is 13.2 Å². The van der Waals surface area contributed by atoms with Crippen LogP contribution in [0.1, 0.15) is 42.4 Å². The number of nitrogens with two attached hydrogens (primary N) is 1. The Morgan fingerprint density at radius 2 is 1.92 bits per heavy atom. The van der Waals surface area contributed by atoms with E-state index in [0.29, 0.717) is 5.92 Å². The number of alkyl halides is 3. The standard InChI is InChI=1S/C18H20F3N3O2/c1-10(2)11(3)9-26-14-7-6-13(18(19,20)21)15(24-14)16(25)12-5-4-8-23-17(12)22/h4-8,10-11H,9H2,1-3H3,(H2,22,23)/t11-/m1/s1. The number of carbonyl (C=O) groups is 1. The number of anilines is 1. The fraction of sp³-hybridized carbons (Fsp3) is 0.389. The molecule has 2 rings (SSSR count). The van der Waals surface area contributed by atoms with E-state index in [4.69, 9.17) is 10.5 Å². The van der Waals surface area contributed by atoms with Crippen molar-refractivity contribution in [1.29, 1.82) is 0 Å². The Bertz CT molecular complexity index is 791. The van der Waals surface area contributed by atoms with Crippen LogP contribution in [-0.4, -0.2) is 22.4 Å². The minimum atomic E-state index is -4.74. The van der Waals surface area contributed by atoms with E-state index >= 15 is 0 Å². The molecule has 0 saturated heterocycles. The second kappa shape index (κ2) is 7.72. The Hall–Kier alpha value is -2.64. The molecule has 26 heavy (non-hydrogen) atoms. The SMILES string of the molecule is CC(C)[C@H](C)COc1ccc(C(F)(F)F)c(C(=O)c2cccnc2N)n1. The van der Waals surface area contributed by atoms with Gasteiger partial charge in [0, 0.05) is 12.3 Å². The minimum absolute atomic E-state index is 0.0451. The van der Waals surface area contributed by atoms with Crippen molar-refractivity contribution in [3.63, 3.8) is 0 Å². The lowest BCUT2D eigenvalue weighted by atomic mass is 9.99. The van der Waals surface area contributed by atoms with Crippen molar-refractivity contribution in [1.82, 2.24) is 9.97 Å². The van der Waals surface area contributed by atoms with Gasteiger partial charge >= 0.3 is 6.18 Å². The van der Waals surface area contributed by atoms with E-state index < -0.39 is 23.2 Å². The highest BCUT2D eigenvalue weighted by Gasteiger charge is 2.37. The monoisotopic (exact) mass is 367 g/mol. The number of nitrogen functional groups attached to an aromatic ring is 1. The number of nitrogens with zero attached hydrogens (tertiary/aromatic N) is 2. The predicted octanol–water partition coefficient (Wildman–Crippen LogP) is 3.98. The first-order valence-electron chi connectivity index (χ1n) is 8.07. The Morgan fingerprint density at radius 3 is 2.50 bits per heavy atom. The van der Waals surface area contributed by atoms with E-state index in [1.54, 1.807) is 0 Å². The van der Waals surface area contributed by atoms with Gasteiger partial charge in [0.1, 0.15) is 11.5 Å². The number of carbonyl (C=O) groups excluding carboxylic acids is 1. The van der Waals surface area contributed by atoms with Crippen LogP contribution in [0.4, 0.5) is 19.0 Å². The summed E-state index contributed by atoms with van der Waals surface area (Å²) >= 11 is 0. The minimum Gasteiger partial charge on any atom is -0.477 e. The zero-order chi connectivity index (χ0) is 19.5. The quantitative estimate of drug-likeness (QED) is 0.782. The third-order valence-electron chi connectivity index (χ3n) is 4.11. The lowest BCUT2D eigenvalue weighted by Crippen LogP contribution is -2.19. The molecule has 2 aromatic rings. The summed E-state index contributed by atoms with van der Waals surface area (Å²) < 4.78 is 45.4. The van der Waals surface area contributed by atoms with Crippen molar-refractivity contribution >= 4 is 11.6 Å². The largest absolute Gasteiger partial charge is 0.477 e. The number of rotatable bonds is 6. The molecule has 0 aliphatic carbocycles. The summed E-state index contributed by atoms with van der Waals surface area (Å²) in [5, 5.41) is 0. The Labute approximate surface area is 149 Å². The number of ketones is 1. The van der Waals surface area contributed by atoms with Gasteiger partial charge in [0.05, 0.1) is 17.7 Å². The number of ether oxygens (including phenoxy) is 1. The van der Waals surface area contributed by atoms with Crippen LogP contribution in [-0.2, 0) is 6.18 Å². The van der Waals surface area contributed by atoms with Crippen molar-refractivity contribution in [2.45, 2.75) is 26.9 Å². The third kappa shape index (κ3) is 4.50. The summed E-state index contributed by atoms with van der Waals surface area (Å²) in [6.07, 6.45) is -3.39. The summed E-state index contributed by atoms with van der Waals surface area (Å²) in [7, 11) is 0. The predicted molar refractivity (Wildman–Crippen MR) is 90.8 cm³/mol. The van der Waals surface area contributed by atoms with E-state index in [1.807, 2.05) is 20.8 Å². The summed E-state index contributed by atoms with van der Waals surface area (Å²) in [6.45, 7) is 6.25. The van der Waals surface area contributed by atoms with Gasteiger partial charge in [-0.3, -0.25) is 4.79 Å². The van der Waals surface area contributed by atoms with Crippen molar-refractivity contribution in [3.05, 3.63) is 47.3 Å². The first-order valence-corrected chi connectivity index (χ1v) is 8.07. The van der Waals surface area contributed by atoms with Crippen LogP contribution < -0.4 is 10.5 Å². The summed E-state index contributed by atoms with van der Waals surface area (Å²) in [5.41, 5.74) is 3.57.